The molecule has 0 rings (SSSR count). The van der Waals surface area contributed by atoms with Crippen molar-refractivity contribution in [3.63, 3.8) is 0 Å². The Morgan fingerprint density at radius 1 is 1.20 bits per heavy atom. The van der Waals surface area contributed by atoms with E-state index in [4.69, 9.17) is 5.73 Å². The molecule has 0 aliphatic rings. The number of aliphatic hydroxyl groups excluding tert-OH is 1. The van der Waals surface area contributed by atoms with Crippen LogP contribution in [-0.4, -0.2) is 23.0 Å². The molecule has 0 heterocycles. The summed E-state index contributed by atoms with van der Waals surface area (Å²) < 4.78 is 0. The van der Waals surface area contributed by atoms with Crippen molar-refractivity contribution in [3.05, 3.63) is 0 Å². The summed E-state index contributed by atoms with van der Waals surface area (Å²) >= 11 is 0. The smallest absolute Gasteiger partial charge is 0.165 e. The van der Waals surface area contributed by atoms with Crippen LogP contribution in [0.2, 0.25) is 0 Å². The van der Waals surface area contributed by atoms with Crippen molar-refractivity contribution in [1.82, 2.24) is 0 Å². The second-order valence-corrected chi connectivity index (χ2v) is 4.30. The monoisotopic (exact) mass is 255 g/mol. The van der Waals surface area contributed by atoms with E-state index in [1.807, 2.05) is 13.8 Å². The Balaban J connectivity index is -0.000000720. The van der Waals surface area contributed by atoms with E-state index in [1.54, 1.807) is 13.8 Å². The molecule has 0 aliphatic carbocycles. The molecule has 0 radical (unpaired) electrons. The molecule has 0 spiro atoms. The van der Waals surface area contributed by atoms with Crippen molar-refractivity contribution in [1.29, 1.82) is 0 Å². The lowest BCUT2D eigenvalue weighted by Crippen LogP contribution is -2.43. The topological polar surface area (TPSA) is 63.3 Å². The molecule has 0 aromatic carbocycles. The fraction of sp³-hybridized carbons (Fsp3) is 0.900. The molecule has 15 heavy (non-hydrogen) atoms. The van der Waals surface area contributed by atoms with Gasteiger partial charge in [-0.1, -0.05) is 27.7 Å². The van der Waals surface area contributed by atoms with Crippen LogP contribution in [0.4, 0.5) is 0 Å². The molecular formula is C10H25NO2S2. The molecule has 0 fully saturated rings. The van der Waals surface area contributed by atoms with Crippen molar-refractivity contribution >= 4 is 32.8 Å². The zero-order chi connectivity index (χ0) is 10.6. The molecule has 0 bridgehead atoms. The molecule has 3 nitrogen and oxygen atoms in total. The van der Waals surface area contributed by atoms with Gasteiger partial charge < -0.3 is 10.8 Å². The third-order valence-corrected chi connectivity index (χ3v) is 2.01. The van der Waals surface area contributed by atoms with Crippen LogP contribution < -0.4 is 5.73 Å². The van der Waals surface area contributed by atoms with Gasteiger partial charge in [0.15, 0.2) is 5.78 Å². The van der Waals surface area contributed by atoms with Gasteiger partial charge >= 0.3 is 0 Å². The number of carbonyl (C=O) groups is 1. The molecule has 0 aliphatic heterocycles. The van der Waals surface area contributed by atoms with Crippen LogP contribution in [0.25, 0.3) is 0 Å². The minimum absolute atomic E-state index is 0. The zero-order valence-electron chi connectivity index (χ0n) is 9.95. The maximum Gasteiger partial charge on any atom is 0.165 e. The van der Waals surface area contributed by atoms with Gasteiger partial charge in [-0.05, 0) is 12.3 Å². The Kier molecular flexibility index (Phi) is 13.1. The van der Waals surface area contributed by atoms with Crippen LogP contribution >= 0.6 is 27.0 Å². The van der Waals surface area contributed by atoms with Gasteiger partial charge in [-0.25, -0.2) is 0 Å². The number of hydrogen-bond acceptors (Lipinski definition) is 3. The van der Waals surface area contributed by atoms with Gasteiger partial charge in [0, 0.05) is 12.0 Å². The summed E-state index contributed by atoms with van der Waals surface area (Å²) in [5.41, 5.74) is 5.69. The van der Waals surface area contributed by atoms with E-state index in [2.05, 4.69) is 0 Å². The number of nitrogens with two attached hydrogens (primary N) is 1. The minimum Gasteiger partial charge on any atom is -0.384 e. The van der Waals surface area contributed by atoms with Crippen LogP contribution in [0.15, 0.2) is 0 Å². The quantitative estimate of drug-likeness (QED) is 0.775. The first-order valence-corrected chi connectivity index (χ1v) is 4.83. The maximum atomic E-state index is 11.3. The highest BCUT2D eigenvalue weighted by Gasteiger charge is 2.25. The highest BCUT2D eigenvalue weighted by Crippen LogP contribution is 2.09. The van der Waals surface area contributed by atoms with E-state index in [9.17, 15) is 9.90 Å². The van der Waals surface area contributed by atoms with Crippen LogP contribution in [0.3, 0.4) is 0 Å². The van der Waals surface area contributed by atoms with E-state index in [-0.39, 0.29) is 38.7 Å². The third kappa shape index (κ3) is 8.13. The molecule has 0 aromatic rings. The van der Waals surface area contributed by atoms with E-state index < -0.39 is 12.1 Å². The first-order chi connectivity index (χ1) is 5.86. The molecule has 0 aromatic heterocycles. The lowest BCUT2D eigenvalue weighted by molar-refractivity contribution is -0.131. The molecule has 94 valence electrons. The number of aliphatic hydroxyl groups is 1. The van der Waals surface area contributed by atoms with E-state index in [0.29, 0.717) is 12.3 Å². The van der Waals surface area contributed by atoms with Crippen molar-refractivity contribution < 1.29 is 9.90 Å². The average molecular weight is 255 g/mol. The summed E-state index contributed by atoms with van der Waals surface area (Å²) in [7, 11) is 0. The molecule has 0 unspecified atom stereocenters. The largest absolute Gasteiger partial charge is 0.384 e. The van der Waals surface area contributed by atoms with Crippen LogP contribution in [-0.2, 0) is 4.79 Å². The molecular weight excluding hydrogens is 230 g/mol. The fourth-order valence-corrected chi connectivity index (χ4v) is 1.23. The number of carbonyl (C=O) groups excluding carboxylic acids is 1. The van der Waals surface area contributed by atoms with Crippen LogP contribution in [0.5, 0.6) is 0 Å². The summed E-state index contributed by atoms with van der Waals surface area (Å²) in [5.74, 6) is 0.103. The number of hydrogen-bond donors (Lipinski definition) is 2. The second-order valence-electron chi connectivity index (χ2n) is 4.30. The molecule has 5 heteroatoms. The summed E-state index contributed by atoms with van der Waals surface area (Å²) in [5, 5.41) is 9.53. The summed E-state index contributed by atoms with van der Waals surface area (Å²) in [4.78, 5) is 11.3. The Morgan fingerprint density at radius 3 is 1.87 bits per heavy atom. The Hall–Kier alpha value is 0.290. The molecule has 0 saturated heterocycles. The van der Waals surface area contributed by atoms with Gasteiger partial charge in [0.25, 0.3) is 0 Å². The van der Waals surface area contributed by atoms with Crippen molar-refractivity contribution in [3.8, 4) is 0 Å². The molecule has 2 atom stereocenters. The average Bonchev–Trinajstić information content (AvgIpc) is 2.00. The number of rotatable bonds is 5. The van der Waals surface area contributed by atoms with Gasteiger partial charge in [-0.3, -0.25) is 4.79 Å². The Morgan fingerprint density at radius 2 is 1.60 bits per heavy atom. The first-order valence-electron chi connectivity index (χ1n) is 4.83. The first kappa shape index (κ1) is 20.7. The normalized spacial score (nSPS) is 14.1. The van der Waals surface area contributed by atoms with Crippen molar-refractivity contribution in [2.75, 3.05) is 0 Å². The van der Waals surface area contributed by atoms with E-state index in [1.165, 1.54) is 0 Å². The Bertz CT molecular complexity index is 175. The molecule has 3 N–H and O–H groups in total. The summed E-state index contributed by atoms with van der Waals surface area (Å²) in [6.07, 6.45) is -0.318. The fourth-order valence-electron chi connectivity index (χ4n) is 1.23. The van der Waals surface area contributed by atoms with Crippen molar-refractivity contribution in [2.24, 2.45) is 17.6 Å². The lowest BCUT2D eigenvalue weighted by Gasteiger charge is -2.20. The Labute approximate surface area is 107 Å². The highest BCUT2D eigenvalue weighted by atomic mass is 32.1. The van der Waals surface area contributed by atoms with Crippen LogP contribution in [0.1, 0.15) is 34.1 Å². The number of Topliss-reactive ketones (excluding diaryl/α,β-unsaturated/α-hetero) is 1. The van der Waals surface area contributed by atoms with Gasteiger partial charge in [-0.15, -0.1) is 0 Å². The van der Waals surface area contributed by atoms with Gasteiger partial charge in [-0.2, -0.15) is 27.0 Å². The molecule has 0 saturated carbocycles. The third-order valence-electron chi connectivity index (χ3n) is 2.01. The van der Waals surface area contributed by atoms with Gasteiger partial charge in [0.2, 0.25) is 0 Å². The standard InChI is InChI=1S/C10H21NO2.2H2S/c1-6(2)5-8(11)10(13)9(12)7(3)4;;/h6-8,10,13H,5,11H2,1-4H3;2*1H2/t8-,10-;;/m0../s1. The maximum absolute atomic E-state index is 11.3. The minimum atomic E-state index is -0.998. The molecule has 0 amide bonds. The van der Waals surface area contributed by atoms with E-state index >= 15 is 0 Å². The highest BCUT2D eigenvalue weighted by molar-refractivity contribution is 7.59. The summed E-state index contributed by atoms with van der Waals surface area (Å²) in [6.45, 7) is 7.58. The zero-order valence-corrected chi connectivity index (χ0v) is 11.9. The van der Waals surface area contributed by atoms with Crippen molar-refractivity contribution in [2.45, 2.75) is 46.3 Å². The lowest BCUT2D eigenvalue weighted by atomic mass is 9.93. The second kappa shape index (κ2) is 9.51. The van der Waals surface area contributed by atoms with Gasteiger partial charge in [0.1, 0.15) is 6.10 Å². The van der Waals surface area contributed by atoms with Crippen LogP contribution in [0, 0.1) is 11.8 Å². The predicted molar refractivity (Wildman–Crippen MR) is 74.0 cm³/mol. The summed E-state index contributed by atoms with van der Waals surface area (Å²) in [6, 6.07) is -0.421. The van der Waals surface area contributed by atoms with Gasteiger partial charge in [0.05, 0.1) is 0 Å². The number of ketones is 1. The van der Waals surface area contributed by atoms with E-state index in [0.717, 1.165) is 0 Å². The predicted octanol–water partition coefficient (Wildman–Crippen LogP) is 1.17. The SMILES string of the molecule is CC(C)C[C@H](N)[C@H](O)C(=O)C(C)C.S.S.